The maximum absolute atomic E-state index is 14.0. The number of nitrogens with one attached hydrogen (secondary N) is 1. The predicted octanol–water partition coefficient (Wildman–Crippen LogP) is 4.00. The number of rotatable bonds is 4. The quantitative estimate of drug-likeness (QED) is 0.759. The van der Waals surface area contributed by atoms with Crippen molar-refractivity contribution in [3.8, 4) is 11.5 Å². The van der Waals surface area contributed by atoms with E-state index in [1.165, 1.54) is 6.07 Å². The smallest absolute Gasteiger partial charge is 0.156 e. The topological polar surface area (TPSA) is 57.7 Å². The maximum Gasteiger partial charge on any atom is 0.156 e. The van der Waals surface area contributed by atoms with Crippen molar-refractivity contribution >= 4 is 0 Å². The van der Waals surface area contributed by atoms with E-state index in [0.717, 1.165) is 60.2 Å². The zero-order valence-corrected chi connectivity index (χ0v) is 15.7. The van der Waals surface area contributed by atoms with Crippen molar-refractivity contribution < 1.29 is 4.39 Å². The fraction of sp³-hybridized carbons (Fsp3) is 0.381. The Balaban J connectivity index is 1.54. The minimum atomic E-state index is -0.132. The fourth-order valence-electron chi connectivity index (χ4n) is 3.77. The molecule has 1 fully saturated rings. The first-order chi connectivity index (χ1) is 13.1. The Morgan fingerprint density at radius 2 is 2.07 bits per heavy atom. The van der Waals surface area contributed by atoms with Crippen LogP contribution in [0.2, 0.25) is 0 Å². The van der Waals surface area contributed by atoms with Crippen molar-refractivity contribution in [1.82, 2.24) is 24.8 Å². The van der Waals surface area contributed by atoms with Crippen LogP contribution in [0.15, 0.2) is 36.5 Å². The van der Waals surface area contributed by atoms with Crippen molar-refractivity contribution in [1.29, 1.82) is 0 Å². The van der Waals surface area contributed by atoms with E-state index in [1.54, 1.807) is 6.07 Å². The van der Waals surface area contributed by atoms with Crippen molar-refractivity contribution in [2.75, 3.05) is 13.1 Å². The predicted molar refractivity (Wildman–Crippen MR) is 103 cm³/mol. The van der Waals surface area contributed by atoms with Gasteiger partial charge in [0.15, 0.2) is 5.82 Å². The normalized spacial score (nSPS) is 18.0. The summed E-state index contributed by atoms with van der Waals surface area (Å²) in [6.45, 7) is 6.40. The van der Waals surface area contributed by atoms with Gasteiger partial charge in [-0.15, -0.1) is 0 Å². The molecule has 1 aromatic carbocycles. The number of benzene rings is 1. The Hall–Kier alpha value is -2.60. The first-order valence-electron chi connectivity index (χ1n) is 9.42. The fourth-order valence-corrected chi connectivity index (χ4v) is 3.77. The minimum absolute atomic E-state index is 0.132. The average Bonchev–Trinajstić information content (AvgIpc) is 3.10. The molecule has 0 unspecified atom stereocenters. The van der Waals surface area contributed by atoms with E-state index < -0.39 is 0 Å². The molecular formula is C21H24FN5. The van der Waals surface area contributed by atoms with Gasteiger partial charge in [0, 0.05) is 42.2 Å². The lowest BCUT2D eigenvalue weighted by Gasteiger charge is -2.32. The third-order valence-corrected chi connectivity index (χ3v) is 5.08. The Labute approximate surface area is 158 Å². The Morgan fingerprint density at radius 1 is 1.22 bits per heavy atom. The second-order valence-electron chi connectivity index (χ2n) is 7.31. The van der Waals surface area contributed by atoms with Crippen molar-refractivity contribution in [2.45, 2.75) is 39.2 Å². The van der Waals surface area contributed by atoms with Gasteiger partial charge in [0.1, 0.15) is 17.3 Å². The second kappa shape index (κ2) is 7.56. The highest BCUT2D eigenvalue weighted by Gasteiger charge is 2.24. The summed E-state index contributed by atoms with van der Waals surface area (Å²) in [6.07, 6.45) is 3.97. The van der Waals surface area contributed by atoms with Crippen LogP contribution in [0, 0.1) is 19.7 Å². The first kappa shape index (κ1) is 17.8. The molecule has 1 N–H and O–H groups in total. The Morgan fingerprint density at radius 3 is 2.85 bits per heavy atom. The Bertz CT molecular complexity index is 936. The van der Waals surface area contributed by atoms with E-state index >= 15 is 0 Å². The van der Waals surface area contributed by atoms with Crippen LogP contribution in [0.4, 0.5) is 4.39 Å². The molecule has 1 aliphatic heterocycles. The van der Waals surface area contributed by atoms with E-state index in [0.29, 0.717) is 12.5 Å². The van der Waals surface area contributed by atoms with E-state index in [9.17, 15) is 4.39 Å². The van der Waals surface area contributed by atoms with Crippen molar-refractivity contribution in [3.63, 3.8) is 0 Å². The molecular weight excluding hydrogens is 341 g/mol. The van der Waals surface area contributed by atoms with Gasteiger partial charge in [0.2, 0.25) is 0 Å². The van der Waals surface area contributed by atoms with Gasteiger partial charge in [0.05, 0.1) is 0 Å². The number of aromatic amines is 1. The lowest BCUT2D eigenvalue weighted by Crippen LogP contribution is -2.34. The van der Waals surface area contributed by atoms with E-state index in [1.807, 2.05) is 38.2 Å². The number of nitrogens with zero attached hydrogens (tertiary/aromatic N) is 4. The number of hydrogen-bond donors (Lipinski definition) is 1. The van der Waals surface area contributed by atoms with Gasteiger partial charge < -0.3 is 4.98 Å². The molecule has 4 rings (SSSR count). The van der Waals surface area contributed by atoms with Gasteiger partial charge in [0.25, 0.3) is 0 Å². The van der Waals surface area contributed by atoms with E-state index in [-0.39, 0.29) is 5.82 Å². The monoisotopic (exact) mass is 365 g/mol. The molecule has 3 heterocycles. The number of H-pyrrole nitrogens is 1. The van der Waals surface area contributed by atoms with Gasteiger partial charge in [-0.05, 0) is 45.4 Å². The van der Waals surface area contributed by atoms with Crippen LogP contribution in [-0.2, 0) is 6.54 Å². The molecule has 0 amide bonds. The SMILES string of the molecule is Cc1nc(-c2ncc(C)[nH]2)cc([C@@H]2CCCN(Cc3ccccc3F)C2)n1. The third kappa shape index (κ3) is 4.06. The zero-order valence-electron chi connectivity index (χ0n) is 15.7. The molecule has 5 nitrogen and oxygen atoms in total. The van der Waals surface area contributed by atoms with Crippen LogP contribution in [0.5, 0.6) is 0 Å². The Kier molecular flexibility index (Phi) is 4.99. The summed E-state index contributed by atoms with van der Waals surface area (Å²) in [7, 11) is 0. The molecule has 0 spiro atoms. The summed E-state index contributed by atoms with van der Waals surface area (Å²) in [5.74, 6) is 1.72. The van der Waals surface area contributed by atoms with Gasteiger partial charge in [-0.1, -0.05) is 18.2 Å². The number of aryl methyl sites for hydroxylation is 2. The largest absolute Gasteiger partial charge is 0.341 e. The van der Waals surface area contributed by atoms with Crippen molar-refractivity contribution in [2.24, 2.45) is 0 Å². The summed E-state index contributed by atoms with van der Waals surface area (Å²) in [6, 6.07) is 9.07. The number of halogens is 1. The molecule has 140 valence electrons. The second-order valence-corrected chi connectivity index (χ2v) is 7.31. The summed E-state index contributed by atoms with van der Waals surface area (Å²) < 4.78 is 14.0. The van der Waals surface area contributed by atoms with Crippen LogP contribution < -0.4 is 0 Å². The molecule has 2 aromatic heterocycles. The number of imidazole rings is 1. The van der Waals surface area contributed by atoms with E-state index in [4.69, 9.17) is 4.98 Å². The lowest BCUT2D eigenvalue weighted by atomic mass is 9.93. The molecule has 0 bridgehead atoms. The molecule has 1 atom stereocenters. The summed E-state index contributed by atoms with van der Waals surface area (Å²) in [4.78, 5) is 19.2. The summed E-state index contributed by atoms with van der Waals surface area (Å²) in [5.41, 5.74) is 3.64. The van der Waals surface area contributed by atoms with Crippen molar-refractivity contribution in [3.05, 3.63) is 65.1 Å². The van der Waals surface area contributed by atoms with Gasteiger partial charge in [-0.25, -0.2) is 19.3 Å². The van der Waals surface area contributed by atoms with Gasteiger partial charge >= 0.3 is 0 Å². The highest BCUT2D eigenvalue weighted by atomic mass is 19.1. The summed E-state index contributed by atoms with van der Waals surface area (Å²) >= 11 is 0. The van der Waals surface area contributed by atoms with Crippen LogP contribution in [0.3, 0.4) is 0 Å². The maximum atomic E-state index is 14.0. The molecule has 0 aliphatic carbocycles. The standard InChI is InChI=1S/C21H24FN5/c1-14-11-23-21(24-14)20-10-19(25-15(2)26-20)17-7-5-9-27(13-17)12-16-6-3-4-8-18(16)22/h3-4,6,8,10-11,17H,5,7,9,12-13H2,1-2H3,(H,23,24)/t17-/m1/s1. The zero-order chi connectivity index (χ0) is 18.8. The molecule has 6 heteroatoms. The number of likely N-dealkylation sites (tertiary alicyclic amines) is 1. The lowest BCUT2D eigenvalue weighted by molar-refractivity contribution is 0.196. The molecule has 0 saturated carbocycles. The minimum Gasteiger partial charge on any atom is -0.341 e. The molecule has 0 radical (unpaired) electrons. The first-order valence-corrected chi connectivity index (χ1v) is 9.42. The average molecular weight is 365 g/mol. The van der Waals surface area contributed by atoms with E-state index in [2.05, 4.69) is 19.9 Å². The van der Waals surface area contributed by atoms with Crippen LogP contribution in [0.25, 0.3) is 11.5 Å². The highest BCUT2D eigenvalue weighted by molar-refractivity contribution is 5.50. The summed E-state index contributed by atoms with van der Waals surface area (Å²) in [5, 5.41) is 0. The number of aromatic nitrogens is 4. The van der Waals surface area contributed by atoms with Gasteiger partial charge in [-0.2, -0.15) is 0 Å². The van der Waals surface area contributed by atoms with Gasteiger partial charge in [-0.3, -0.25) is 4.90 Å². The van der Waals surface area contributed by atoms with Crippen LogP contribution >= 0.6 is 0 Å². The molecule has 3 aromatic rings. The number of piperidine rings is 1. The molecule has 27 heavy (non-hydrogen) atoms. The molecule has 1 saturated heterocycles. The number of hydrogen-bond acceptors (Lipinski definition) is 4. The third-order valence-electron chi connectivity index (χ3n) is 5.08. The highest BCUT2D eigenvalue weighted by Crippen LogP contribution is 2.28. The molecule has 1 aliphatic rings. The van der Waals surface area contributed by atoms with Crippen LogP contribution in [0.1, 0.15) is 41.5 Å². The van der Waals surface area contributed by atoms with Crippen LogP contribution in [-0.4, -0.2) is 37.9 Å².